The molecule has 0 spiro atoms. The highest BCUT2D eigenvalue weighted by molar-refractivity contribution is 5.85. The summed E-state index contributed by atoms with van der Waals surface area (Å²) in [4.78, 5) is 22.6. The molecule has 0 bridgehead atoms. The van der Waals surface area contributed by atoms with Crippen molar-refractivity contribution in [3.05, 3.63) is 47.6 Å². The van der Waals surface area contributed by atoms with E-state index in [1.54, 1.807) is 6.92 Å². The number of allylic oxidation sites excluding steroid dienone is 5. The number of fused-ring (bicyclic) bond motifs is 3. The molecule has 0 amide bonds. The van der Waals surface area contributed by atoms with Crippen LogP contribution < -0.4 is 0 Å². The van der Waals surface area contributed by atoms with Crippen LogP contribution in [0.2, 0.25) is 0 Å². The molecule has 7 atom stereocenters. The van der Waals surface area contributed by atoms with E-state index in [2.05, 4.69) is 46.9 Å². The summed E-state index contributed by atoms with van der Waals surface area (Å²) in [5.74, 6) is 0.471. The first-order valence-corrected chi connectivity index (χ1v) is 13.0. The maximum atomic E-state index is 11.5. The van der Waals surface area contributed by atoms with Gasteiger partial charge in [-0.2, -0.15) is 0 Å². The summed E-state index contributed by atoms with van der Waals surface area (Å²) in [5.41, 5.74) is 4.38. The molecule has 2 fully saturated rings. The summed E-state index contributed by atoms with van der Waals surface area (Å²) in [6.45, 7) is 19.7. The average molecular weight is 469 g/mol. The first kappa shape index (κ1) is 26.5. The second kappa shape index (κ2) is 9.87. The molecule has 0 aliphatic heterocycles. The number of aliphatic carboxylic acids is 2. The van der Waals surface area contributed by atoms with Gasteiger partial charge in [-0.05, 0) is 93.3 Å². The molecule has 0 aromatic heterocycles. The molecular formula is C30H44O4. The lowest BCUT2D eigenvalue weighted by atomic mass is 9.52. The zero-order valence-corrected chi connectivity index (χ0v) is 21.8. The molecule has 0 heterocycles. The van der Waals surface area contributed by atoms with Gasteiger partial charge in [-0.1, -0.05) is 62.8 Å². The van der Waals surface area contributed by atoms with Gasteiger partial charge in [0.15, 0.2) is 0 Å². The molecule has 0 aromatic rings. The van der Waals surface area contributed by atoms with Gasteiger partial charge in [0, 0.05) is 17.9 Å². The van der Waals surface area contributed by atoms with Gasteiger partial charge in [0.05, 0.1) is 0 Å². The Kier molecular flexibility index (Phi) is 7.70. The zero-order chi connectivity index (χ0) is 25.4. The fourth-order valence-electron chi connectivity index (χ4n) is 7.70. The van der Waals surface area contributed by atoms with Crippen molar-refractivity contribution in [3.8, 4) is 0 Å². The van der Waals surface area contributed by atoms with Crippen molar-refractivity contribution in [1.82, 2.24) is 0 Å². The van der Waals surface area contributed by atoms with Gasteiger partial charge in [0.25, 0.3) is 0 Å². The van der Waals surface area contributed by atoms with E-state index in [1.807, 2.05) is 6.08 Å². The highest BCUT2D eigenvalue weighted by atomic mass is 16.4. The highest BCUT2D eigenvalue weighted by Crippen LogP contribution is 2.67. The second-order valence-electron chi connectivity index (χ2n) is 11.9. The number of hydrogen-bond acceptors (Lipinski definition) is 2. The Balaban J connectivity index is 1.85. The van der Waals surface area contributed by atoms with Gasteiger partial charge in [0.2, 0.25) is 0 Å². The van der Waals surface area contributed by atoms with Gasteiger partial charge in [-0.3, -0.25) is 4.79 Å². The van der Waals surface area contributed by atoms with Crippen LogP contribution in [0.25, 0.3) is 0 Å². The van der Waals surface area contributed by atoms with Crippen molar-refractivity contribution >= 4 is 11.9 Å². The predicted molar refractivity (Wildman–Crippen MR) is 137 cm³/mol. The molecule has 3 aliphatic rings. The van der Waals surface area contributed by atoms with E-state index >= 15 is 0 Å². The summed E-state index contributed by atoms with van der Waals surface area (Å²) < 4.78 is 0. The minimum absolute atomic E-state index is 0.159. The fourth-order valence-corrected chi connectivity index (χ4v) is 7.70. The molecule has 188 valence electrons. The highest BCUT2D eigenvalue weighted by Gasteiger charge is 2.58. The summed E-state index contributed by atoms with van der Waals surface area (Å²) in [6, 6.07) is 0. The lowest BCUT2D eigenvalue weighted by Gasteiger charge is -2.52. The molecule has 4 nitrogen and oxygen atoms in total. The van der Waals surface area contributed by atoms with E-state index in [9.17, 15) is 14.7 Å². The Labute approximate surface area is 205 Å². The number of carbonyl (C=O) groups is 2. The lowest BCUT2D eigenvalue weighted by molar-refractivity contribution is -0.138. The Morgan fingerprint density at radius 3 is 2.47 bits per heavy atom. The first-order valence-electron chi connectivity index (χ1n) is 13.0. The van der Waals surface area contributed by atoms with Crippen LogP contribution in [0.5, 0.6) is 0 Å². The van der Waals surface area contributed by atoms with Crippen molar-refractivity contribution in [2.75, 3.05) is 0 Å². The molecule has 2 saturated carbocycles. The second-order valence-corrected chi connectivity index (χ2v) is 11.9. The summed E-state index contributed by atoms with van der Waals surface area (Å²) >= 11 is 0. The molecule has 4 heteroatoms. The van der Waals surface area contributed by atoms with Crippen molar-refractivity contribution in [1.29, 1.82) is 0 Å². The molecule has 0 unspecified atom stereocenters. The zero-order valence-electron chi connectivity index (χ0n) is 21.8. The quantitative estimate of drug-likeness (QED) is 0.272. The third kappa shape index (κ3) is 4.70. The molecule has 3 aliphatic carbocycles. The summed E-state index contributed by atoms with van der Waals surface area (Å²) in [6.07, 6.45) is 11.4. The number of carboxylic acid groups (broad SMARTS) is 2. The van der Waals surface area contributed by atoms with Crippen LogP contribution in [-0.2, 0) is 9.59 Å². The molecule has 3 rings (SSSR count). The van der Waals surface area contributed by atoms with Gasteiger partial charge in [-0.25, -0.2) is 4.79 Å². The molecule has 34 heavy (non-hydrogen) atoms. The van der Waals surface area contributed by atoms with Crippen LogP contribution in [-0.4, -0.2) is 22.2 Å². The number of carboxylic acids is 2. The normalized spacial score (nSPS) is 36.3. The average Bonchev–Trinajstić information content (AvgIpc) is 3.07. The Morgan fingerprint density at radius 1 is 1.21 bits per heavy atom. The van der Waals surface area contributed by atoms with Crippen molar-refractivity contribution in [2.45, 2.75) is 86.0 Å². The van der Waals surface area contributed by atoms with E-state index < -0.39 is 11.9 Å². The van der Waals surface area contributed by atoms with Crippen LogP contribution in [0.4, 0.5) is 0 Å². The maximum Gasteiger partial charge on any atom is 0.330 e. The molecular weight excluding hydrogens is 424 g/mol. The minimum Gasteiger partial charge on any atom is -0.481 e. The number of rotatable bonds is 9. The Morgan fingerprint density at radius 2 is 1.88 bits per heavy atom. The van der Waals surface area contributed by atoms with E-state index in [0.717, 1.165) is 38.5 Å². The summed E-state index contributed by atoms with van der Waals surface area (Å²) in [5, 5.41) is 18.6. The molecule has 2 N–H and O–H groups in total. The van der Waals surface area contributed by atoms with E-state index in [1.165, 1.54) is 16.7 Å². The molecule has 0 radical (unpaired) electrons. The van der Waals surface area contributed by atoms with E-state index in [-0.39, 0.29) is 17.3 Å². The van der Waals surface area contributed by atoms with Crippen LogP contribution in [0.1, 0.15) is 86.0 Å². The predicted octanol–water partition coefficient (Wildman–Crippen LogP) is 7.44. The van der Waals surface area contributed by atoms with Crippen LogP contribution in [0.3, 0.4) is 0 Å². The van der Waals surface area contributed by atoms with Gasteiger partial charge in [0.1, 0.15) is 0 Å². The van der Waals surface area contributed by atoms with Crippen LogP contribution in [0, 0.1) is 40.4 Å². The van der Waals surface area contributed by atoms with E-state index in [4.69, 9.17) is 5.11 Å². The summed E-state index contributed by atoms with van der Waals surface area (Å²) in [7, 11) is 0. The third-order valence-corrected chi connectivity index (χ3v) is 9.82. The lowest BCUT2D eigenvalue weighted by Crippen LogP contribution is -2.44. The standard InChI is InChI=1S/C30H44O4/c1-18(2)23-11-12-24-26(29(23,6)16-14-27(31)32)17-25-21(5)22(13-15-30(24,25)7)19(3)9-8-10-20(4)28(33)34/h10,17,19,22-25H,1,5,8-9,11-16H2,2-4,6-7H3,(H,31,32)(H,33,34)/b20-10+/t19-,22+,23+,24-,25-,29+,30+/m1/s1. The van der Waals surface area contributed by atoms with Crippen molar-refractivity contribution < 1.29 is 19.8 Å². The Hall–Kier alpha value is -2.10. The largest absolute Gasteiger partial charge is 0.481 e. The monoisotopic (exact) mass is 468 g/mol. The van der Waals surface area contributed by atoms with Crippen LogP contribution >= 0.6 is 0 Å². The topological polar surface area (TPSA) is 74.6 Å². The minimum atomic E-state index is -0.843. The van der Waals surface area contributed by atoms with Gasteiger partial charge >= 0.3 is 11.9 Å². The van der Waals surface area contributed by atoms with Crippen molar-refractivity contribution in [3.63, 3.8) is 0 Å². The molecule has 0 aromatic carbocycles. The third-order valence-electron chi connectivity index (χ3n) is 9.82. The maximum absolute atomic E-state index is 11.5. The van der Waals surface area contributed by atoms with Gasteiger partial charge in [-0.15, -0.1) is 0 Å². The fraction of sp³-hybridized carbons (Fsp3) is 0.667. The van der Waals surface area contributed by atoms with Crippen molar-refractivity contribution in [2.24, 2.45) is 40.4 Å². The molecule has 0 saturated heterocycles. The van der Waals surface area contributed by atoms with Gasteiger partial charge < -0.3 is 10.2 Å². The van der Waals surface area contributed by atoms with E-state index in [0.29, 0.717) is 41.6 Å². The number of hydrogen-bond donors (Lipinski definition) is 2. The smallest absolute Gasteiger partial charge is 0.330 e. The first-order chi connectivity index (χ1) is 15.8. The Bertz CT molecular complexity index is 924. The van der Waals surface area contributed by atoms with Crippen LogP contribution in [0.15, 0.2) is 47.6 Å². The SMILES string of the molecule is C=C1[C@H]([C@H](C)CC/C=C(\C)C(=O)O)CC[C@]2(C)[C@@H]1C=C1[C@H]2CC[C@@H](C(=C)C)[C@]1(C)CCC(=O)O.